The quantitative estimate of drug-likeness (QED) is 0.322. The standard InChI is InChI=1S/C20H41NO2/c1-4-5-6-7-8-10-14-19(20(22-2)23-3)15-13-18-21-16-11-9-12-17-21/h19-20H,4-18H2,1-3H3. The van der Waals surface area contributed by atoms with Crippen molar-refractivity contribution >= 4 is 0 Å². The summed E-state index contributed by atoms with van der Waals surface area (Å²) in [6, 6.07) is 0. The van der Waals surface area contributed by atoms with Gasteiger partial charge in [-0.05, 0) is 51.7 Å². The highest BCUT2D eigenvalue weighted by molar-refractivity contribution is 4.68. The Labute approximate surface area is 145 Å². The lowest BCUT2D eigenvalue weighted by Crippen LogP contribution is -2.31. The first-order valence-corrected chi connectivity index (χ1v) is 10.1. The van der Waals surface area contributed by atoms with Crippen LogP contribution in [-0.2, 0) is 9.47 Å². The van der Waals surface area contributed by atoms with Gasteiger partial charge in [-0.2, -0.15) is 0 Å². The summed E-state index contributed by atoms with van der Waals surface area (Å²) in [5, 5.41) is 0. The maximum Gasteiger partial charge on any atom is 0.159 e. The number of hydrogen-bond acceptors (Lipinski definition) is 3. The maximum atomic E-state index is 5.56. The van der Waals surface area contributed by atoms with E-state index in [1.807, 2.05) is 0 Å². The van der Waals surface area contributed by atoms with Crippen LogP contribution in [0, 0.1) is 5.92 Å². The average molecular weight is 328 g/mol. The third-order valence-corrected chi connectivity index (χ3v) is 5.28. The molecule has 0 aromatic heterocycles. The second-order valence-corrected chi connectivity index (χ2v) is 7.20. The van der Waals surface area contributed by atoms with Gasteiger partial charge >= 0.3 is 0 Å². The van der Waals surface area contributed by atoms with Gasteiger partial charge in [0.2, 0.25) is 0 Å². The van der Waals surface area contributed by atoms with E-state index in [-0.39, 0.29) is 6.29 Å². The summed E-state index contributed by atoms with van der Waals surface area (Å²) >= 11 is 0. The van der Waals surface area contributed by atoms with Gasteiger partial charge in [0, 0.05) is 20.1 Å². The number of piperidine rings is 1. The molecule has 0 radical (unpaired) electrons. The van der Waals surface area contributed by atoms with E-state index in [0.29, 0.717) is 5.92 Å². The van der Waals surface area contributed by atoms with E-state index < -0.39 is 0 Å². The van der Waals surface area contributed by atoms with Crippen molar-refractivity contribution < 1.29 is 9.47 Å². The molecule has 1 unspecified atom stereocenters. The molecule has 0 aromatic carbocycles. The van der Waals surface area contributed by atoms with Crippen LogP contribution in [0.2, 0.25) is 0 Å². The molecular weight excluding hydrogens is 286 g/mol. The van der Waals surface area contributed by atoms with Crippen molar-refractivity contribution in [2.75, 3.05) is 33.9 Å². The summed E-state index contributed by atoms with van der Waals surface area (Å²) in [6.07, 6.45) is 16.1. The minimum Gasteiger partial charge on any atom is -0.356 e. The first-order valence-electron chi connectivity index (χ1n) is 10.1. The van der Waals surface area contributed by atoms with Gasteiger partial charge in [0.1, 0.15) is 0 Å². The van der Waals surface area contributed by atoms with E-state index in [2.05, 4.69) is 11.8 Å². The topological polar surface area (TPSA) is 21.7 Å². The van der Waals surface area contributed by atoms with Crippen LogP contribution in [0.5, 0.6) is 0 Å². The Kier molecular flexibility index (Phi) is 13.0. The van der Waals surface area contributed by atoms with E-state index in [1.54, 1.807) is 14.2 Å². The lowest BCUT2D eigenvalue weighted by atomic mass is 9.94. The Balaban J connectivity index is 2.21. The third-order valence-electron chi connectivity index (χ3n) is 5.28. The molecule has 0 saturated carbocycles. The smallest absolute Gasteiger partial charge is 0.159 e. The Morgan fingerprint density at radius 1 is 0.783 bits per heavy atom. The van der Waals surface area contributed by atoms with Gasteiger partial charge in [-0.25, -0.2) is 0 Å². The van der Waals surface area contributed by atoms with Crippen molar-refractivity contribution in [3.63, 3.8) is 0 Å². The van der Waals surface area contributed by atoms with Crippen LogP contribution in [0.25, 0.3) is 0 Å². The van der Waals surface area contributed by atoms with E-state index in [0.717, 1.165) is 0 Å². The van der Waals surface area contributed by atoms with Crippen LogP contribution in [-0.4, -0.2) is 45.0 Å². The Morgan fingerprint density at radius 3 is 2.04 bits per heavy atom. The number of rotatable bonds is 14. The highest BCUT2D eigenvalue weighted by Gasteiger charge is 2.21. The third kappa shape index (κ3) is 9.69. The van der Waals surface area contributed by atoms with E-state index >= 15 is 0 Å². The van der Waals surface area contributed by atoms with E-state index in [9.17, 15) is 0 Å². The molecule has 23 heavy (non-hydrogen) atoms. The highest BCUT2D eigenvalue weighted by atomic mass is 16.7. The zero-order valence-electron chi connectivity index (χ0n) is 16.0. The summed E-state index contributed by atoms with van der Waals surface area (Å²) in [6.45, 7) is 6.15. The maximum absolute atomic E-state index is 5.56. The number of hydrogen-bond donors (Lipinski definition) is 0. The molecule has 0 aromatic rings. The van der Waals surface area contributed by atoms with Crippen molar-refractivity contribution in [1.29, 1.82) is 0 Å². The van der Waals surface area contributed by atoms with Crippen LogP contribution < -0.4 is 0 Å². The van der Waals surface area contributed by atoms with Crippen LogP contribution in [0.4, 0.5) is 0 Å². The summed E-state index contributed by atoms with van der Waals surface area (Å²) in [7, 11) is 3.57. The first kappa shape index (κ1) is 20.9. The molecule has 0 spiro atoms. The first-order chi connectivity index (χ1) is 11.3. The number of methoxy groups -OCH3 is 2. The molecule has 3 heteroatoms. The van der Waals surface area contributed by atoms with E-state index in [1.165, 1.54) is 96.7 Å². The molecule has 1 fully saturated rings. The fourth-order valence-electron chi connectivity index (χ4n) is 3.84. The van der Waals surface area contributed by atoms with Crippen molar-refractivity contribution in [2.45, 2.75) is 90.3 Å². The molecule has 0 amide bonds. The molecule has 1 aliphatic rings. The lowest BCUT2D eigenvalue weighted by Gasteiger charge is -2.28. The average Bonchev–Trinajstić information content (AvgIpc) is 2.59. The van der Waals surface area contributed by atoms with Gasteiger partial charge in [0.15, 0.2) is 6.29 Å². The molecule has 0 aliphatic carbocycles. The molecule has 1 atom stereocenters. The Bertz CT molecular complexity index is 250. The normalized spacial score (nSPS) is 17.7. The summed E-state index contributed by atoms with van der Waals surface area (Å²) in [5.41, 5.74) is 0. The predicted molar refractivity (Wildman–Crippen MR) is 98.8 cm³/mol. The zero-order valence-corrected chi connectivity index (χ0v) is 16.0. The van der Waals surface area contributed by atoms with Crippen LogP contribution in [0.1, 0.15) is 84.0 Å². The van der Waals surface area contributed by atoms with Gasteiger partial charge in [-0.1, -0.05) is 51.9 Å². The molecular formula is C20H41NO2. The van der Waals surface area contributed by atoms with Gasteiger partial charge in [0.05, 0.1) is 0 Å². The van der Waals surface area contributed by atoms with Gasteiger partial charge in [0.25, 0.3) is 0 Å². The second-order valence-electron chi connectivity index (χ2n) is 7.20. The number of unbranched alkanes of at least 4 members (excludes halogenated alkanes) is 5. The predicted octanol–water partition coefficient (Wildman–Crippen LogP) is 5.24. The van der Waals surface area contributed by atoms with Crippen LogP contribution in [0.15, 0.2) is 0 Å². The van der Waals surface area contributed by atoms with Crippen molar-refractivity contribution in [3.05, 3.63) is 0 Å². The summed E-state index contributed by atoms with van der Waals surface area (Å²) in [4.78, 5) is 2.64. The molecule has 1 rings (SSSR count). The lowest BCUT2D eigenvalue weighted by molar-refractivity contribution is -0.141. The highest BCUT2D eigenvalue weighted by Crippen LogP contribution is 2.23. The molecule has 0 bridgehead atoms. The van der Waals surface area contributed by atoms with Crippen LogP contribution >= 0.6 is 0 Å². The van der Waals surface area contributed by atoms with Gasteiger partial charge in [-0.15, -0.1) is 0 Å². The van der Waals surface area contributed by atoms with Crippen LogP contribution in [0.3, 0.4) is 0 Å². The summed E-state index contributed by atoms with van der Waals surface area (Å²) in [5.74, 6) is 0.556. The van der Waals surface area contributed by atoms with E-state index in [4.69, 9.17) is 9.47 Å². The fourth-order valence-corrected chi connectivity index (χ4v) is 3.84. The zero-order chi connectivity index (χ0) is 16.8. The van der Waals surface area contributed by atoms with Crippen molar-refractivity contribution in [1.82, 2.24) is 4.90 Å². The Hall–Kier alpha value is -0.120. The monoisotopic (exact) mass is 327 g/mol. The summed E-state index contributed by atoms with van der Waals surface area (Å²) < 4.78 is 11.1. The number of likely N-dealkylation sites (tertiary alicyclic amines) is 1. The Morgan fingerprint density at radius 2 is 1.39 bits per heavy atom. The molecule has 1 saturated heterocycles. The second kappa shape index (κ2) is 14.2. The van der Waals surface area contributed by atoms with Crippen molar-refractivity contribution in [2.24, 2.45) is 5.92 Å². The minimum atomic E-state index is -0.0213. The van der Waals surface area contributed by atoms with Gasteiger partial charge < -0.3 is 14.4 Å². The molecule has 138 valence electrons. The molecule has 0 N–H and O–H groups in total. The van der Waals surface area contributed by atoms with Crippen molar-refractivity contribution in [3.8, 4) is 0 Å². The fraction of sp³-hybridized carbons (Fsp3) is 1.00. The minimum absolute atomic E-state index is 0.0213. The molecule has 1 heterocycles. The molecule has 1 aliphatic heterocycles. The number of nitrogens with zero attached hydrogens (tertiary/aromatic N) is 1. The number of ether oxygens (including phenoxy) is 2. The largest absolute Gasteiger partial charge is 0.356 e. The molecule has 3 nitrogen and oxygen atoms in total. The SMILES string of the molecule is CCCCCCCCC(CCCN1CCCCC1)C(OC)OC. The van der Waals surface area contributed by atoms with Gasteiger partial charge in [-0.3, -0.25) is 0 Å².